The summed E-state index contributed by atoms with van der Waals surface area (Å²) < 4.78 is 5.47. The lowest BCUT2D eigenvalue weighted by Gasteiger charge is -2.51. The van der Waals surface area contributed by atoms with Gasteiger partial charge in [-0.25, -0.2) is 0 Å². The van der Waals surface area contributed by atoms with E-state index >= 15 is 0 Å². The second-order valence-corrected chi connectivity index (χ2v) is 3.99. The van der Waals surface area contributed by atoms with Crippen molar-refractivity contribution in [1.82, 2.24) is 5.32 Å². The summed E-state index contributed by atoms with van der Waals surface area (Å²) in [5.41, 5.74) is -0.579. The summed E-state index contributed by atoms with van der Waals surface area (Å²) in [5, 5.41) is 13.3. The number of fused-ring (bicyclic) bond motifs is 2. The van der Waals surface area contributed by atoms with E-state index < -0.39 is 5.60 Å². The molecular formula is C9H17NO2. The summed E-state index contributed by atoms with van der Waals surface area (Å²) in [6.45, 7) is 4.17. The van der Waals surface area contributed by atoms with E-state index in [4.69, 9.17) is 4.74 Å². The molecule has 3 rings (SSSR count). The molecule has 0 aromatic rings. The minimum atomic E-state index is -0.579. The highest BCUT2D eigenvalue weighted by Crippen LogP contribution is 2.43. The van der Waals surface area contributed by atoms with Crippen LogP contribution in [-0.2, 0) is 4.74 Å². The zero-order valence-electron chi connectivity index (χ0n) is 7.55. The van der Waals surface area contributed by atoms with Crippen LogP contribution in [0.15, 0.2) is 0 Å². The van der Waals surface area contributed by atoms with Crippen molar-refractivity contribution in [2.45, 2.75) is 31.5 Å². The maximum absolute atomic E-state index is 10.1. The topological polar surface area (TPSA) is 41.5 Å². The van der Waals surface area contributed by atoms with Gasteiger partial charge < -0.3 is 15.2 Å². The minimum absolute atomic E-state index is 0.455. The van der Waals surface area contributed by atoms with E-state index in [2.05, 4.69) is 12.2 Å². The van der Waals surface area contributed by atoms with Crippen LogP contribution < -0.4 is 5.32 Å². The maximum Gasteiger partial charge on any atom is 0.103 e. The number of likely N-dealkylation sites (N-methyl/N-ethyl adjacent to an activating group) is 1. The fourth-order valence-electron chi connectivity index (χ4n) is 2.06. The number of rotatable bonds is 3. The first-order valence-corrected chi connectivity index (χ1v) is 4.79. The molecule has 1 atom stereocenters. The Hall–Kier alpha value is -0.120. The zero-order chi connectivity index (χ0) is 8.60. The Morgan fingerprint density at radius 3 is 2.83 bits per heavy atom. The second-order valence-electron chi connectivity index (χ2n) is 3.99. The molecule has 3 aliphatic rings. The number of nitrogens with one attached hydrogen (secondary N) is 1. The molecule has 3 nitrogen and oxygen atoms in total. The van der Waals surface area contributed by atoms with Gasteiger partial charge in [0, 0.05) is 6.54 Å². The highest BCUT2D eigenvalue weighted by atomic mass is 16.5. The van der Waals surface area contributed by atoms with Crippen LogP contribution in [0, 0.1) is 5.92 Å². The van der Waals surface area contributed by atoms with Gasteiger partial charge in [0.05, 0.1) is 12.7 Å². The molecule has 1 unspecified atom stereocenters. The van der Waals surface area contributed by atoms with Crippen LogP contribution in [0.2, 0.25) is 0 Å². The molecule has 1 aliphatic carbocycles. The van der Waals surface area contributed by atoms with Gasteiger partial charge >= 0.3 is 0 Å². The molecule has 2 aliphatic heterocycles. The van der Waals surface area contributed by atoms with Crippen LogP contribution in [0.4, 0.5) is 0 Å². The van der Waals surface area contributed by atoms with Gasteiger partial charge in [0.1, 0.15) is 5.60 Å². The van der Waals surface area contributed by atoms with Crippen LogP contribution in [0.25, 0.3) is 0 Å². The summed E-state index contributed by atoms with van der Waals surface area (Å²) in [7, 11) is 0. The van der Waals surface area contributed by atoms with Crippen LogP contribution in [0.1, 0.15) is 19.8 Å². The first-order valence-electron chi connectivity index (χ1n) is 4.79. The van der Waals surface area contributed by atoms with Gasteiger partial charge in [-0.15, -0.1) is 0 Å². The summed E-state index contributed by atoms with van der Waals surface area (Å²) in [6.07, 6.45) is 2.57. The summed E-state index contributed by atoms with van der Waals surface area (Å²) in [5.74, 6) is 0.482. The monoisotopic (exact) mass is 171 g/mol. The van der Waals surface area contributed by atoms with E-state index in [1.54, 1.807) is 0 Å². The Bertz CT molecular complexity index is 165. The largest absolute Gasteiger partial charge is 0.386 e. The molecular weight excluding hydrogens is 154 g/mol. The van der Waals surface area contributed by atoms with Crippen molar-refractivity contribution >= 4 is 0 Å². The molecule has 0 amide bonds. The van der Waals surface area contributed by atoms with Crippen molar-refractivity contribution in [3.05, 3.63) is 0 Å². The Labute approximate surface area is 73.1 Å². The third kappa shape index (κ3) is 1.26. The number of aliphatic hydroxyl groups is 1. The molecule has 2 heterocycles. The minimum Gasteiger partial charge on any atom is -0.386 e. The lowest BCUT2D eigenvalue weighted by atomic mass is 9.68. The van der Waals surface area contributed by atoms with Gasteiger partial charge in [-0.3, -0.25) is 0 Å². The Balaban J connectivity index is 1.90. The molecule has 3 heteroatoms. The van der Waals surface area contributed by atoms with E-state index in [0.717, 1.165) is 19.4 Å². The molecule has 70 valence electrons. The lowest BCUT2D eigenvalue weighted by Crippen LogP contribution is -2.61. The van der Waals surface area contributed by atoms with E-state index in [1.165, 1.54) is 0 Å². The van der Waals surface area contributed by atoms with E-state index in [-0.39, 0.29) is 0 Å². The average molecular weight is 171 g/mol. The molecule has 12 heavy (non-hydrogen) atoms. The molecule has 3 fully saturated rings. The fourth-order valence-corrected chi connectivity index (χ4v) is 2.06. The normalized spacial score (nSPS) is 45.5. The highest BCUT2D eigenvalue weighted by molar-refractivity contribution is 5.01. The van der Waals surface area contributed by atoms with Gasteiger partial charge in [-0.05, 0) is 25.3 Å². The second kappa shape index (κ2) is 2.98. The highest BCUT2D eigenvalue weighted by Gasteiger charge is 2.50. The molecule has 2 saturated heterocycles. The quantitative estimate of drug-likeness (QED) is 0.634. The van der Waals surface area contributed by atoms with Crippen molar-refractivity contribution in [3.63, 3.8) is 0 Å². The van der Waals surface area contributed by atoms with Gasteiger partial charge in [0.2, 0.25) is 0 Å². The molecule has 2 N–H and O–H groups in total. The van der Waals surface area contributed by atoms with Crippen molar-refractivity contribution in [2.75, 3.05) is 19.7 Å². The maximum atomic E-state index is 10.1. The SMILES string of the molecule is CCNCC1(O)COC2CC1C2. The molecule has 0 aromatic heterocycles. The van der Waals surface area contributed by atoms with Gasteiger partial charge in [0.25, 0.3) is 0 Å². The smallest absolute Gasteiger partial charge is 0.103 e. The molecule has 0 radical (unpaired) electrons. The summed E-state index contributed by atoms with van der Waals surface area (Å²) >= 11 is 0. The number of hydrogen-bond donors (Lipinski definition) is 2. The summed E-state index contributed by atoms with van der Waals surface area (Å²) in [6, 6.07) is 0. The summed E-state index contributed by atoms with van der Waals surface area (Å²) in [4.78, 5) is 0. The first kappa shape index (κ1) is 8.48. The molecule has 1 saturated carbocycles. The third-order valence-corrected chi connectivity index (χ3v) is 3.10. The predicted molar refractivity (Wildman–Crippen MR) is 46.0 cm³/mol. The molecule has 2 bridgehead atoms. The van der Waals surface area contributed by atoms with Gasteiger partial charge in [-0.2, -0.15) is 0 Å². The van der Waals surface area contributed by atoms with E-state index in [9.17, 15) is 5.11 Å². The first-order chi connectivity index (χ1) is 5.74. The van der Waals surface area contributed by atoms with Crippen molar-refractivity contribution in [1.29, 1.82) is 0 Å². The average Bonchev–Trinajstić information content (AvgIpc) is 1.99. The Kier molecular flexibility index (Phi) is 2.10. The molecule has 0 spiro atoms. The van der Waals surface area contributed by atoms with Crippen LogP contribution >= 0.6 is 0 Å². The zero-order valence-corrected chi connectivity index (χ0v) is 7.55. The lowest BCUT2D eigenvalue weighted by molar-refractivity contribution is -0.215. The van der Waals surface area contributed by atoms with Crippen molar-refractivity contribution in [3.8, 4) is 0 Å². The van der Waals surface area contributed by atoms with E-state index in [0.29, 0.717) is 25.2 Å². The Morgan fingerprint density at radius 1 is 1.58 bits per heavy atom. The standard InChI is InChI=1S/C9H17NO2/c1-2-10-5-9(11)6-12-8-3-7(9)4-8/h7-8,10-11H,2-6H2,1H3. The van der Waals surface area contributed by atoms with Crippen LogP contribution in [0.5, 0.6) is 0 Å². The van der Waals surface area contributed by atoms with Crippen molar-refractivity contribution in [2.24, 2.45) is 5.92 Å². The van der Waals surface area contributed by atoms with E-state index in [1.807, 2.05) is 0 Å². The van der Waals surface area contributed by atoms with Crippen LogP contribution in [-0.4, -0.2) is 36.5 Å². The number of hydrogen-bond acceptors (Lipinski definition) is 3. The third-order valence-electron chi connectivity index (χ3n) is 3.10. The van der Waals surface area contributed by atoms with Crippen molar-refractivity contribution < 1.29 is 9.84 Å². The van der Waals surface area contributed by atoms with Crippen LogP contribution in [0.3, 0.4) is 0 Å². The number of ether oxygens (including phenoxy) is 1. The molecule has 0 aromatic carbocycles. The van der Waals surface area contributed by atoms with Gasteiger partial charge in [-0.1, -0.05) is 6.92 Å². The fraction of sp³-hybridized carbons (Fsp3) is 1.00. The van der Waals surface area contributed by atoms with Gasteiger partial charge in [0.15, 0.2) is 0 Å². The Morgan fingerprint density at radius 2 is 2.33 bits per heavy atom. The predicted octanol–water partition coefficient (Wildman–Crippen LogP) is 0.136.